The molecule has 1 unspecified atom stereocenters. The molecule has 0 aromatic carbocycles. The lowest BCUT2D eigenvalue weighted by molar-refractivity contribution is 0.188. The van der Waals surface area contributed by atoms with Crippen LogP contribution in [0.3, 0.4) is 0 Å². The first-order chi connectivity index (χ1) is 6.74. The summed E-state index contributed by atoms with van der Waals surface area (Å²) in [7, 11) is 0. The second-order valence-corrected chi connectivity index (χ2v) is 3.51. The first kappa shape index (κ1) is 10.6. The Bertz CT molecular complexity index is 262. The molecule has 4 heteroatoms. The summed E-state index contributed by atoms with van der Waals surface area (Å²) in [4.78, 5) is 10.5. The van der Waals surface area contributed by atoms with E-state index in [1.54, 1.807) is 6.08 Å². The predicted molar refractivity (Wildman–Crippen MR) is 51.7 cm³/mol. The summed E-state index contributed by atoms with van der Waals surface area (Å²) in [6.45, 7) is 0. The number of amides is 1. The highest BCUT2D eigenvalue weighted by atomic mass is 16.4. The van der Waals surface area contributed by atoms with Gasteiger partial charge in [0, 0.05) is 6.08 Å². The van der Waals surface area contributed by atoms with Gasteiger partial charge in [0.25, 0.3) is 0 Å². The first-order valence-electron chi connectivity index (χ1n) is 4.80. The molecule has 1 saturated carbocycles. The monoisotopic (exact) mass is 194 g/mol. The van der Waals surface area contributed by atoms with Crippen LogP contribution in [0.25, 0.3) is 0 Å². The number of allylic oxidation sites excluding steroid dienone is 1. The average Bonchev–Trinajstić information content (AvgIpc) is 2.64. The Morgan fingerprint density at radius 1 is 1.57 bits per heavy atom. The number of hydrogen-bond acceptors (Lipinski definition) is 2. The quantitative estimate of drug-likeness (QED) is 0.674. The van der Waals surface area contributed by atoms with Gasteiger partial charge in [0.15, 0.2) is 0 Å². The van der Waals surface area contributed by atoms with E-state index < -0.39 is 6.09 Å². The Hall–Kier alpha value is -1.50. The van der Waals surface area contributed by atoms with Crippen LogP contribution in [0.2, 0.25) is 0 Å². The molecule has 0 aliphatic heterocycles. The fraction of sp³-hybridized carbons (Fsp3) is 0.600. The van der Waals surface area contributed by atoms with Crippen LogP contribution >= 0.6 is 0 Å². The minimum atomic E-state index is -1.02. The zero-order chi connectivity index (χ0) is 10.4. The maximum Gasteiger partial charge on any atom is 0.405 e. The van der Waals surface area contributed by atoms with Gasteiger partial charge in [-0.15, -0.1) is 0 Å². The van der Waals surface area contributed by atoms with Crippen LogP contribution in [0.5, 0.6) is 0 Å². The van der Waals surface area contributed by atoms with Gasteiger partial charge in [-0.3, -0.25) is 0 Å². The normalized spacial score (nSPS) is 19.4. The highest BCUT2D eigenvalue weighted by Crippen LogP contribution is 2.28. The lowest BCUT2D eigenvalue weighted by Crippen LogP contribution is -2.37. The number of carbonyl (C=O) groups is 1. The number of nitrogens with zero attached hydrogens (tertiary/aromatic N) is 1. The minimum Gasteiger partial charge on any atom is -0.465 e. The van der Waals surface area contributed by atoms with Gasteiger partial charge in [-0.25, -0.2) is 4.79 Å². The second kappa shape index (κ2) is 5.28. The topological polar surface area (TPSA) is 73.1 Å². The third kappa shape index (κ3) is 3.09. The molecule has 1 aliphatic rings. The Morgan fingerprint density at radius 2 is 2.21 bits per heavy atom. The van der Waals surface area contributed by atoms with Crippen molar-refractivity contribution < 1.29 is 9.90 Å². The number of rotatable bonds is 3. The summed E-state index contributed by atoms with van der Waals surface area (Å²) < 4.78 is 0. The lowest BCUT2D eigenvalue weighted by atomic mass is 9.98. The zero-order valence-electron chi connectivity index (χ0n) is 7.94. The third-order valence-electron chi connectivity index (χ3n) is 2.58. The molecule has 1 rings (SSSR count). The Labute approximate surface area is 83.2 Å². The van der Waals surface area contributed by atoms with Gasteiger partial charge in [-0.2, -0.15) is 5.26 Å². The molecule has 2 N–H and O–H groups in total. The molecule has 1 aliphatic carbocycles. The summed E-state index contributed by atoms with van der Waals surface area (Å²) in [6, 6.07) is 1.68. The van der Waals surface area contributed by atoms with Crippen molar-refractivity contribution in [1.29, 1.82) is 5.26 Å². The van der Waals surface area contributed by atoms with Gasteiger partial charge in [0.2, 0.25) is 0 Å². The van der Waals surface area contributed by atoms with Gasteiger partial charge in [0.1, 0.15) is 0 Å². The summed E-state index contributed by atoms with van der Waals surface area (Å²) in [5, 5.41) is 19.4. The van der Waals surface area contributed by atoms with Crippen LogP contribution in [0.1, 0.15) is 25.7 Å². The fourth-order valence-corrected chi connectivity index (χ4v) is 1.93. The van der Waals surface area contributed by atoms with Crippen molar-refractivity contribution in [3.8, 4) is 6.07 Å². The molecule has 1 fully saturated rings. The van der Waals surface area contributed by atoms with Gasteiger partial charge in [0.05, 0.1) is 12.1 Å². The number of hydrogen-bond donors (Lipinski definition) is 2. The summed E-state index contributed by atoms with van der Waals surface area (Å²) in [5.41, 5.74) is 0. The zero-order valence-corrected chi connectivity index (χ0v) is 7.94. The van der Waals surface area contributed by atoms with Crippen molar-refractivity contribution in [3.05, 3.63) is 12.2 Å². The van der Waals surface area contributed by atoms with E-state index in [2.05, 4.69) is 5.32 Å². The molecular weight excluding hydrogens is 180 g/mol. The largest absolute Gasteiger partial charge is 0.465 e. The molecule has 4 nitrogen and oxygen atoms in total. The van der Waals surface area contributed by atoms with Crippen molar-refractivity contribution in [3.63, 3.8) is 0 Å². The SMILES string of the molecule is N#C/C=C/C(NC(=O)O)C1CCCC1. The molecule has 0 aromatic rings. The maximum absolute atomic E-state index is 10.5. The van der Waals surface area contributed by atoms with E-state index in [-0.39, 0.29) is 6.04 Å². The lowest BCUT2D eigenvalue weighted by Gasteiger charge is -2.19. The van der Waals surface area contributed by atoms with Crippen LogP contribution < -0.4 is 5.32 Å². The molecule has 0 aromatic heterocycles. The van der Waals surface area contributed by atoms with Crippen molar-refractivity contribution in [2.24, 2.45) is 5.92 Å². The average molecular weight is 194 g/mol. The van der Waals surface area contributed by atoms with Crippen LogP contribution in [-0.4, -0.2) is 17.2 Å². The van der Waals surface area contributed by atoms with E-state index in [1.807, 2.05) is 6.07 Å². The van der Waals surface area contributed by atoms with Crippen molar-refractivity contribution in [2.75, 3.05) is 0 Å². The number of nitriles is 1. The molecule has 0 radical (unpaired) electrons. The van der Waals surface area contributed by atoms with Crippen LogP contribution in [0, 0.1) is 17.2 Å². The number of nitrogens with one attached hydrogen (secondary N) is 1. The fourth-order valence-electron chi connectivity index (χ4n) is 1.93. The minimum absolute atomic E-state index is 0.199. The van der Waals surface area contributed by atoms with E-state index in [1.165, 1.54) is 6.08 Å². The predicted octanol–water partition coefficient (Wildman–Crippen LogP) is 1.89. The Morgan fingerprint density at radius 3 is 2.71 bits per heavy atom. The molecule has 1 amide bonds. The van der Waals surface area contributed by atoms with E-state index in [0.717, 1.165) is 25.7 Å². The Kier molecular flexibility index (Phi) is 3.99. The molecular formula is C10H14N2O2. The van der Waals surface area contributed by atoms with E-state index in [9.17, 15) is 4.79 Å². The van der Waals surface area contributed by atoms with E-state index in [4.69, 9.17) is 10.4 Å². The standard InChI is InChI=1S/C10H14N2O2/c11-7-3-6-9(12-10(13)14)8-4-1-2-5-8/h3,6,8-9,12H,1-2,4-5H2,(H,13,14)/b6-3+. The second-order valence-electron chi connectivity index (χ2n) is 3.51. The molecule has 0 bridgehead atoms. The van der Waals surface area contributed by atoms with Crippen molar-refractivity contribution >= 4 is 6.09 Å². The van der Waals surface area contributed by atoms with Gasteiger partial charge < -0.3 is 10.4 Å². The molecule has 14 heavy (non-hydrogen) atoms. The number of carboxylic acid groups (broad SMARTS) is 1. The third-order valence-corrected chi connectivity index (χ3v) is 2.58. The smallest absolute Gasteiger partial charge is 0.405 e. The van der Waals surface area contributed by atoms with Gasteiger partial charge >= 0.3 is 6.09 Å². The molecule has 0 saturated heterocycles. The van der Waals surface area contributed by atoms with Crippen molar-refractivity contribution in [2.45, 2.75) is 31.7 Å². The first-order valence-corrected chi connectivity index (χ1v) is 4.80. The van der Waals surface area contributed by atoms with E-state index in [0.29, 0.717) is 5.92 Å². The van der Waals surface area contributed by atoms with Crippen molar-refractivity contribution in [1.82, 2.24) is 5.32 Å². The van der Waals surface area contributed by atoms with Gasteiger partial charge in [-0.05, 0) is 18.8 Å². The highest BCUT2D eigenvalue weighted by Gasteiger charge is 2.24. The van der Waals surface area contributed by atoms with Crippen LogP contribution in [-0.2, 0) is 0 Å². The molecule has 1 atom stereocenters. The van der Waals surface area contributed by atoms with Gasteiger partial charge in [-0.1, -0.05) is 18.9 Å². The highest BCUT2D eigenvalue weighted by molar-refractivity contribution is 5.65. The Balaban J connectivity index is 2.56. The molecule has 0 spiro atoms. The summed E-state index contributed by atoms with van der Waals surface area (Å²) >= 11 is 0. The maximum atomic E-state index is 10.5. The van der Waals surface area contributed by atoms with Crippen LogP contribution in [0.15, 0.2) is 12.2 Å². The van der Waals surface area contributed by atoms with E-state index >= 15 is 0 Å². The summed E-state index contributed by atoms with van der Waals surface area (Å²) in [6.07, 6.45) is 6.36. The molecule has 76 valence electrons. The summed E-state index contributed by atoms with van der Waals surface area (Å²) in [5.74, 6) is 0.357. The van der Waals surface area contributed by atoms with Crippen LogP contribution in [0.4, 0.5) is 4.79 Å². The molecule has 0 heterocycles.